The summed E-state index contributed by atoms with van der Waals surface area (Å²) in [7, 11) is 1.70. The molecule has 5 rings (SSSR count). The van der Waals surface area contributed by atoms with Gasteiger partial charge in [-0.3, -0.25) is 5.10 Å². The van der Waals surface area contributed by atoms with Gasteiger partial charge in [-0.2, -0.15) is 5.10 Å². The van der Waals surface area contributed by atoms with Crippen molar-refractivity contribution in [2.75, 3.05) is 7.11 Å². The van der Waals surface area contributed by atoms with Crippen LogP contribution in [0.25, 0.3) is 0 Å². The van der Waals surface area contributed by atoms with E-state index in [2.05, 4.69) is 46.5 Å². The minimum Gasteiger partial charge on any atom is -0.497 e. The van der Waals surface area contributed by atoms with Crippen molar-refractivity contribution in [1.29, 1.82) is 0 Å². The van der Waals surface area contributed by atoms with Crippen LogP contribution < -0.4 is 4.74 Å². The topological polar surface area (TPSA) is 63.9 Å². The van der Waals surface area contributed by atoms with Crippen molar-refractivity contribution >= 4 is 0 Å². The molecule has 2 aliphatic rings. The number of rotatable bonds is 2. The van der Waals surface area contributed by atoms with Gasteiger partial charge in [0.05, 0.1) is 19.5 Å². The smallest absolute Gasteiger partial charge is 0.143 e. The van der Waals surface area contributed by atoms with Gasteiger partial charge in [0.2, 0.25) is 0 Å². The number of nitrogens with zero attached hydrogens (tertiary/aromatic N) is 2. The molecule has 0 radical (unpaired) electrons. The van der Waals surface area contributed by atoms with E-state index in [4.69, 9.17) is 9.26 Å². The fourth-order valence-corrected chi connectivity index (χ4v) is 5.14. The Hall–Kier alpha value is -2.56. The van der Waals surface area contributed by atoms with Crippen LogP contribution in [-0.4, -0.2) is 22.5 Å². The van der Waals surface area contributed by atoms with Gasteiger partial charge in [0, 0.05) is 22.6 Å². The predicted molar refractivity (Wildman–Crippen MR) is 92.8 cm³/mol. The van der Waals surface area contributed by atoms with E-state index in [1.165, 1.54) is 22.4 Å². The van der Waals surface area contributed by atoms with Gasteiger partial charge in [-0.15, -0.1) is 0 Å². The first-order valence-corrected chi connectivity index (χ1v) is 8.84. The SMILES string of the molecule is COc1ccc(C23Cc4cnoc4[C@@H](C)[C@@H]2CCc2cn[nH]c23)cc1. The second kappa shape index (κ2) is 5.22. The molecule has 5 nitrogen and oxygen atoms in total. The van der Waals surface area contributed by atoms with E-state index < -0.39 is 0 Å². The summed E-state index contributed by atoms with van der Waals surface area (Å²) < 4.78 is 11.0. The van der Waals surface area contributed by atoms with Crippen molar-refractivity contribution in [2.45, 2.75) is 37.5 Å². The van der Waals surface area contributed by atoms with Crippen LogP contribution in [0.4, 0.5) is 0 Å². The molecule has 1 aromatic carbocycles. The maximum atomic E-state index is 5.61. The molecule has 2 aliphatic carbocycles. The molecule has 0 fully saturated rings. The minimum absolute atomic E-state index is 0.117. The number of aryl methyl sites for hydroxylation is 1. The highest BCUT2D eigenvalue weighted by Crippen LogP contribution is 2.56. The Morgan fingerprint density at radius 1 is 1.20 bits per heavy atom. The van der Waals surface area contributed by atoms with E-state index in [0.717, 1.165) is 30.8 Å². The highest BCUT2D eigenvalue weighted by atomic mass is 16.5. The van der Waals surface area contributed by atoms with Gasteiger partial charge in [-0.25, -0.2) is 0 Å². The Labute approximate surface area is 146 Å². The zero-order chi connectivity index (χ0) is 17.0. The van der Waals surface area contributed by atoms with Gasteiger partial charge in [-0.1, -0.05) is 24.2 Å². The number of aromatic nitrogens is 3. The Balaban J connectivity index is 1.76. The van der Waals surface area contributed by atoms with Gasteiger partial charge in [0.15, 0.2) is 0 Å². The largest absolute Gasteiger partial charge is 0.497 e. The van der Waals surface area contributed by atoms with Crippen LogP contribution in [0.3, 0.4) is 0 Å². The summed E-state index contributed by atoms with van der Waals surface area (Å²) >= 11 is 0. The molecular formula is C20H21N3O2. The van der Waals surface area contributed by atoms with Crippen molar-refractivity contribution in [1.82, 2.24) is 15.4 Å². The highest BCUT2D eigenvalue weighted by molar-refractivity contribution is 5.49. The standard InChI is InChI=1S/C20H21N3O2/c1-12-17-8-3-13-10-21-23-19(13)20(17,9-14-11-22-25-18(12)14)15-4-6-16(24-2)7-5-15/h4-7,10-12,17H,3,8-9H2,1-2H3,(H,21,23)/t12-,17-,20?/m0/s1. The Kier molecular flexibility index (Phi) is 3.08. The number of aromatic amines is 1. The van der Waals surface area contributed by atoms with Crippen molar-refractivity contribution in [3.63, 3.8) is 0 Å². The molecule has 0 amide bonds. The van der Waals surface area contributed by atoms with E-state index in [9.17, 15) is 0 Å². The maximum absolute atomic E-state index is 5.61. The van der Waals surface area contributed by atoms with Crippen LogP contribution in [0, 0.1) is 5.92 Å². The van der Waals surface area contributed by atoms with Gasteiger partial charge < -0.3 is 9.26 Å². The lowest BCUT2D eigenvalue weighted by Gasteiger charge is -2.49. The normalized spacial score (nSPS) is 27.3. The van der Waals surface area contributed by atoms with E-state index in [0.29, 0.717) is 11.8 Å². The van der Waals surface area contributed by atoms with Gasteiger partial charge in [0.25, 0.3) is 0 Å². The average molecular weight is 335 g/mol. The van der Waals surface area contributed by atoms with Crippen LogP contribution in [0.5, 0.6) is 5.75 Å². The summed E-state index contributed by atoms with van der Waals surface area (Å²) in [5, 5.41) is 11.8. The van der Waals surface area contributed by atoms with E-state index >= 15 is 0 Å². The first kappa shape index (κ1) is 14.8. The zero-order valence-corrected chi connectivity index (χ0v) is 14.5. The second-order valence-corrected chi connectivity index (χ2v) is 7.30. The molecule has 0 saturated carbocycles. The van der Waals surface area contributed by atoms with Crippen LogP contribution in [0.15, 0.2) is 41.2 Å². The second-order valence-electron chi connectivity index (χ2n) is 7.30. The van der Waals surface area contributed by atoms with Gasteiger partial charge in [-0.05, 0) is 48.4 Å². The third-order valence-electron chi connectivity index (χ3n) is 6.29. The Bertz CT molecular complexity index is 911. The number of ether oxygens (including phenoxy) is 1. The minimum atomic E-state index is -0.117. The molecule has 1 unspecified atom stereocenters. The third-order valence-corrected chi connectivity index (χ3v) is 6.29. The van der Waals surface area contributed by atoms with Crippen LogP contribution >= 0.6 is 0 Å². The van der Waals surface area contributed by atoms with Gasteiger partial charge >= 0.3 is 0 Å². The number of hydrogen-bond donors (Lipinski definition) is 1. The molecule has 5 heteroatoms. The monoisotopic (exact) mass is 335 g/mol. The summed E-state index contributed by atoms with van der Waals surface area (Å²) in [6.07, 6.45) is 6.95. The number of hydrogen-bond acceptors (Lipinski definition) is 4. The molecule has 25 heavy (non-hydrogen) atoms. The fraction of sp³-hybridized carbons (Fsp3) is 0.400. The highest BCUT2D eigenvalue weighted by Gasteiger charge is 2.53. The maximum Gasteiger partial charge on any atom is 0.143 e. The lowest BCUT2D eigenvalue weighted by molar-refractivity contribution is 0.189. The van der Waals surface area contributed by atoms with Crippen molar-refractivity contribution in [2.24, 2.45) is 5.92 Å². The van der Waals surface area contributed by atoms with Crippen LogP contribution in [0.1, 0.15) is 47.4 Å². The average Bonchev–Trinajstić information content (AvgIpc) is 3.31. The first-order chi connectivity index (χ1) is 12.2. The van der Waals surface area contributed by atoms with E-state index in [1.807, 2.05) is 12.4 Å². The number of methoxy groups -OCH3 is 1. The zero-order valence-electron chi connectivity index (χ0n) is 14.5. The lowest BCUT2D eigenvalue weighted by atomic mass is 9.53. The molecule has 0 bridgehead atoms. The summed E-state index contributed by atoms with van der Waals surface area (Å²) in [5.41, 5.74) is 4.99. The van der Waals surface area contributed by atoms with Crippen molar-refractivity contribution in [3.05, 3.63) is 64.8 Å². The molecule has 3 aromatic rings. The molecule has 128 valence electrons. The van der Waals surface area contributed by atoms with Crippen LogP contribution in [-0.2, 0) is 18.3 Å². The molecule has 0 saturated heterocycles. The first-order valence-electron chi connectivity index (χ1n) is 8.84. The Morgan fingerprint density at radius 3 is 2.84 bits per heavy atom. The molecule has 0 aliphatic heterocycles. The molecule has 0 spiro atoms. The molecular weight excluding hydrogens is 314 g/mol. The van der Waals surface area contributed by atoms with Crippen molar-refractivity contribution < 1.29 is 9.26 Å². The third kappa shape index (κ3) is 1.89. The summed E-state index contributed by atoms with van der Waals surface area (Å²) in [5.74, 6) is 2.71. The van der Waals surface area contributed by atoms with E-state index in [1.54, 1.807) is 7.11 Å². The number of benzene rings is 1. The van der Waals surface area contributed by atoms with Crippen LogP contribution in [0.2, 0.25) is 0 Å². The molecule has 1 N–H and O–H groups in total. The molecule has 2 aromatic heterocycles. The summed E-state index contributed by atoms with van der Waals surface area (Å²) in [4.78, 5) is 0. The molecule has 2 heterocycles. The number of nitrogens with one attached hydrogen (secondary N) is 1. The predicted octanol–water partition coefficient (Wildman–Crippen LogP) is 3.61. The van der Waals surface area contributed by atoms with Crippen molar-refractivity contribution in [3.8, 4) is 5.75 Å². The van der Waals surface area contributed by atoms with Gasteiger partial charge in [0.1, 0.15) is 11.5 Å². The quantitative estimate of drug-likeness (QED) is 0.777. The lowest BCUT2D eigenvalue weighted by Crippen LogP contribution is -2.47. The molecule has 3 atom stereocenters. The number of H-pyrrole nitrogens is 1. The summed E-state index contributed by atoms with van der Waals surface area (Å²) in [6, 6.07) is 8.51. The summed E-state index contributed by atoms with van der Waals surface area (Å²) in [6.45, 7) is 2.27. The fourth-order valence-electron chi connectivity index (χ4n) is 5.14. The number of fused-ring (bicyclic) bond motifs is 4. The Morgan fingerprint density at radius 2 is 2.04 bits per heavy atom. The van der Waals surface area contributed by atoms with E-state index in [-0.39, 0.29) is 5.41 Å².